The van der Waals surface area contributed by atoms with E-state index in [1.165, 1.54) is 16.4 Å². The van der Waals surface area contributed by atoms with Crippen LogP contribution in [0.2, 0.25) is 0 Å². The van der Waals surface area contributed by atoms with Crippen LogP contribution in [-0.4, -0.2) is 50.4 Å². The summed E-state index contributed by atoms with van der Waals surface area (Å²) in [5.41, 5.74) is 0.885. The van der Waals surface area contributed by atoms with Crippen molar-refractivity contribution < 1.29 is 22.7 Å². The number of hydrogen-bond acceptors (Lipinski definition) is 5. The van der Waals surface area contributed by atoms with Crippen LogP contribution in [0, 0.1) is 5.92 Å². The normalized spacial score (nSPS) is 12.3. The first kappa shape index (κ1) is 27.1. The summed E-state index contributed by atoms with van der Waals surface area (Å²) in [7, 11) is -3.83. The number of hydrogen-bond donors (Lipinski definition) is 3. The van der Waals surface area contributed by atoms with E-state index in [9.17, 15) is 18.0 Å². The molecule has 1 atom stereocenters. The van der Waals surface area contributed by atoms with Gasteiger partial charge in [0.05, 0.1) is 6.61 Å². The lowest BCUT2D eigenvalue weighted by atomic mass is 10.0. The monoisotopic (exact) mass is 490 g/mol. The van der Waals surface area contributed by atoms with Crippen molar-refractivity contribution in [2.75, 3.05) is 30.3 Å². The summed E-state index contributed by atoms with van der Waals surface area (Å²) in [6.45, 7) is 9.79. The van der Waals surface area contributed by atoms with E-state index in [4.69, 9.17) is 4.74 Å². The molecule has 2 rings (SSSR count). The molecular formula is C24H34N4O5S. The Hall–Kier alpha value is -3.11. The van der Waals surface area contributed by atoms with Gasteiger partial charge in [0, 0.05) is 24.5 Å². The third kappa shape index (κ3) is 6.94. The third-order valence-corrected chi connectivity index (χ3v) is 7.17. The summed E-state index contributed by atoms with van der Waals surface area (Å²) < 4.78 is 33.2. The third-order valence-electron chi connectivity index (χ3n) is 5.10. The number of sulfonamides is 1. The summed E-state index contributed by atoms with van der Waals surface area (Å²) in [4.78, 5) is 25.4. The van der Waals surface area contributed by atoms with Crippen molar-refractivity contribution in [1.29, 1.82) is 0 Å². The van der Waals surface area contributed by atoms with Gasteiger partial charge in [-0.3, -0.25) is 4.79 Å². The second-order valence-corrected chi connectivity index (χ2v) is 9.77. The van der Waals surface area contributed by atoms with Crippen molar-refractivity contribution in [1.82, 2.24) is 9.62 Å². The molecule has 9 nitrogen and oxygen atoms in total. The maximum absolute atomic E-state index is 13.2. The quantitative estimate of drug-likeness (QED) is 0.442. The average Bonchev–Trinajstić information content (AvgIpc) is 2.79. The van der Waals surface area contributed by atoms with Crippen LogP contribution in [0.4, 0.5) is 16.2 Å². The van der Waals surface area contributed by atoms with E-state index in [1.807, 2.05) is 19.9 Å². The summed E-state index contributed by atoms with van der Waals surface area (Å²) in [6, 6.07) is 12.0. The van der Waals surface area contributed by atoms with E-state index in [-0.39, 0.29) is 22.3 Å². The molecule has 1 unspecified atom stereocenters. The van der Waals surface area contributed by atoms with Gasteiger partial charge in [0.15, 0.2) is 0 Å². The Morgan fingerprint density at radius 1 is 0.941 bits per heavy atom. The Labute approximate surface area is 201 Å². The van der Waals surface area contributed by atoms with Gasteiger partial charge >= 0.3 is 6.03 Å². The number of para-hydroxylation sites is 1. The molecular weight excluding hydrogens is 456 g/mol. The fraction of sp³-hybridized carbons (Fsp3) is 0.417. The number of rotatable bonds is 11. The highest BCUT2D eigenvalue weighted by Crippen LogP contribution is 2.30. The number of benzene rings is 2. The maximum Gasteiger partial charge on any atom is 0.319 e. The van der Waals surface area contributed by atoms with Crippen LogP contribution in [0.1, 0.15) is 34.6 Å². The predicted molar refractivity (Wildman–Crippen MR) is 134 cm³/mol. The summed E-state index contributed by atoms with van der Waals surface area (Å²) in [6.07, 6.45) is 0. The Bertz CT molecular complexity index is 1070. The molecule has 0 fully saturated rings. The van der Waals surface area contributed by atoms with Gasteiger partial charge in [-0.15, -0.1) is 0 Å². The van der Waals surface area contributed by atoms with Crippen LogP contribution >= 0.6 is 0 Å². The summed E-state index contributed by atoms with van der Waals surface area (Å²) in [5, 5.41) is 8.10. The lowest BCUT2D eigenvalue weighted by Crippen LogP contribution is -2.48. The molecule has 0 aliphatic rings. The fourth-order valence-electron chi connectivity index (χ4n) is 3.35. The SMILES string of the molecule is CCOc1ccc(NC(=O)C(NC(=O)Nc2ccccc2)C(C)C)cc1S(=O)(=O)N(CC)CC. The Morgan fingerprint density at radius 2 is 1.59 bits per heavy atom. The van der Waals surface area contributed by atoms with Gasteiger partial charge in [-0.1, -0.05) is 45.9 Å². The number of carbonyl (C=O) groups is 2. The van der Waals surface area contributed by atoms with Crippen LogP contribution < -0.4 is 20.7 Å². The first-order valence-electron chi connectivity index (χ1n) is 11.3. The maximum atomic E-state index is 13.2. The Morgan fingerprint density at radius 3 is 2.15 bits per heavy atom. The van der Waals surface area contributed by atoms with Crippen LogP contribution in [-0.2, 0) is 14.8 Å². The summed E-state index contributed by atoms with van der Waals surface area (Å²) >= 11 is 0. The number of urea groups is 1. The zero-order valence-corrected chi connectivity index (χ0v) is 21.1. The minimum atomic E-state index is -3.83. The molecule has 0 bridgehead atoms. The van der Waals surface area contributed by atoms with Crippen molar-refractivity contribution in [3.05, 3.63) is 48.5 Å². The fourth-order valence-corrected chi connectivity index (χ4v) is 4.96. The first-order valence-corrected chi connectivity index (χ1v) is 12.8. The molecule has 10 heteroatoms. The lowest BCUT2D eigenvalue weighted by molar-refractivity contribution is -0.118. The Balaban J connectivity index is 2.26. The van der Waals surface area contributed by atoms with Crippen LogP contribution in [0.5, 0.6) is 5.75 Å². The second-order valence-electron chi connectivity index (χ2n) is 7.86. The second kappa shape index (κ2) is 12.4. The van der Waals surface area contributed by atoms with Crippen LogP contribution in [0.15, 0.2) is 53.4 Å². The first-order chi connectivity index (χ1) is 16.1. The minimum absolute atomic E-state index is 0.0215. The van der Waals surface area contributed by atoms with Crippen molar-refractivity contribution >= 4 is 33.3 Å². The van der Waals surface area contributed by atoms with E-state index < -0.39 is 28.0 Å². The molecule has 0 saturated heterocycles. The van der Waals surface area contributed by atoms with E-state index in [1.54, 1.807) is 51.1 Å². The highest BCUT2D eigenvalue weighted by atomic mass is 32.2. The van der Waals surface area contributed by atoms with Gasteiger partial charge < -0.3 is 20.7 Å². The molecule has 0 aliphatic carbocycles. The van der Waals surface area contributed by atoms with Gasteiger partial charge in [0.2, 0.25) is 15.9 Å². The standard InChI is InChI=1S/C24H34N4O5S/c1-6-28(7-2)34(31,32)21-16-19(14-15-20(21)33-8-3)25-23(29)22(17(4)5)27-24(30)26-18-12-10-9-11-13-18/h9-17,22H,6-8H2,1-5H3,(H,25,29)(H2,26,27,30). The molecule has 34 heavy (non-hydrogen) atoms. The molecule has 2 aromatic rings. The molecule has 0 aromatic heterocycles. The number of ether oxygens (including phenoxy) is 1. The van der Waals surface area contributed by atoms with Gasteiger partial charge in [0.1, 0.15) is 16.7 Å². The lowest BCUT2D eigenvalue weighted by Gasteiger charge is -2.23. The highest BCUT2D eigenvalue weighted by Gasteiger charge is 2.28. The van der Waals surface area contributed by atoms with Crippen molar-refractivity contribution in [3.63, 3.8) is 0 Å². The molecule has 0 spiro atoms. The largest absolute Gasteiger partial charge is 0.492 e. The highest BCUT2D eigenvalue weighted by molar-refractivity contribution is 7.89. The molecule has 0 radical (unpaired) electrons. The summed E-state index contributed by atoms with van der Waals surface area (Å²) in [5.74, 6) is -0.468. The van der Waals surface area contributed by atoms with E-state index in [2.05, 4.69) is 16.0 Å². The number of amides is 3. The van der Waals surface area contributed by atoms with Crippen LogP contribution in [0.3, 0.4) is 0 Å². The van der Waals surface area contributed by atoms with Gasteiger partial charge in [0.25, 0.3) is 0 Å². The van der Waals surface area contributed by atoms with E-state index in [0.717, 1.165) is 0 Å². The molecule has 3 N–H and O–H groups in total. The van der Waals surface area contributed by atoms with Gasteiger partial charge in [-0.25, -0.2) is 13.2 Å². The number of carbonyl (C=O) groups excluding carboxylic acids is 2. The molecule has 0 aliphatic heterocycles. The molecule has 0 saturated carbocycles. The molecule has 3 amide bonds. The zero-order valence-electron chi connectivity index (χ0n) is 20.3. The molecule has 2 aromatic carbocycles. The van der Waals surface area contributed by atoms with Crippen molar-refractivity contribution in [2.45, 2.75) is 45.6 Å². The smallest absolute Gasteiger partial charge is 0.319 e. The van der Waals surface area contributed by atoms with Crippen molar-refractivity contribution in [2.24, 2.45) is 5.92 Å². The molecule has 0 heterocycles. The molecule has 186 valence electrons. The van der Waals surface area contributed by atoms with Gasteiger partial charge in [-0.2, -0.15) is 4.31 Å². The number of nitrogens with one attached hydrogen (secondary N) is 3. The predicted octanol–water partition coefficient (Wildman–Crippen LogP) is 3.90. The van der Waals surface area contributed by atoms with E-state index in [0.29, 0.717) is 25.4 Å². The van der Waals surface area contributed by atoms with Crippen molar-refractivity contribution in [3.8, 4) is 5.75 Å². The number of anilines is 2. The minimum Gasteiger partial charge on any atom is -0.492 e. The average molecular weight is 491 g/mol. The topological polar surface area (TPSA) is 117 Å². The van der Waals surface area contributed by atoms with E-state index >= 15 is 0 Å². The number of nitrogens with zero attached hydrogens (tertiary/aromatic N) is 1. The Kier molecular flexibility index (Phi) is 9.88. The zero-order chi connectivity index (χ0) is 25.3. The van der Waals surface area contributed by atoms with Crippen LogP contribution in [0.25, 0.3) is 0 Å². The van der Waals surface area contributed by atoms with Gasteiger partial charge in [-0.05, 0) is 43.2 Å².